The van der Waals surface area contributed by atoms with Crippen LogP contribution in [0.1, 0.15) is 35.1 Å². The third kappa shape index (κ3) is 2.59. The Kier molecular flexibility index (Phi) is 3.57. The molecule has 1 aromatic carbocycles. The fourth-order valence-electron chi connectivity index (χ4n) is 3.11. The van der Waals surface area contributed by atoms with Crippen LogP contribution in [-0.2, 0) is 22.4 Å². The minimum atomic E-state index is -0.820. The number of carbonyl (C=O) groups excluding carboxylic acids is 1. The van der Waals surface area contributed by atoms with Gasteiger partial charge in [-0.2, -0.15) is 0 Å². The normalized spacial score (nSPS) is 16.8. The minimum Gasteiger partial charge on any atom is -0.478 e. The highest BCUT2D eigenvalue weighted by Gasteiger charge is 2.20. The Bertz CT molecular complexity index is 705. The second-order valence-corrected chi connectivity index (χ2v) is 5.39. The zero-order valence-corrected chi connectivity index (χ0v) is 11.6. The highest BCUT2D eigenvalue weighted by Crippen LogP contribution is 2.34. The second-order valence-electron chi connectivity index (χ2n) is 5.39. The zero-order valence-electron chi connectivity index (χ0n) is 11.6. The number of carboxylic acids is 1. The highest BCUT2D eigenvalue weighted by molar-refractivity contribution is 5.93. The Morgan fingerprint density at radius 1 is 1.00 bits per heavy atom. The van der Waals surface area contributed by atoms with E-state index in [1.807, 2.05) is 18.2 Å². The SMILES string of the molecule is O=C/C=C/C1=Cc2ccc3c(c2CC1)CCC(C(=O)O)=C3. The topological polar surface area (TPSA) is 54.4 Å². The lowest BCUT2D eigenvalue weighted by Crippen LogP contribution is -2.11. The first-order chi connectivity index (χ1) is 10.2. The molecule has 1 N–H and O–H groups in total. The molecule has 3 heteroatoms. The maximum atomic E-state index is 11.1. The molecule has 0 fully saturated rings. The largest absolute Gasteiger partial charge is 0.478 e. The van der Waals surface area contributed by atoms with Gasteiger partial charge in [0.1, 0.15) is 6.29 Å². The van der Waals surface area contributed by atoms with E-state index < -0.39 is 5.97 Å². The molecular formula is C18H16O3. The molecule has 0 unspecified atom stereocenters. The first-order valence-corrected chi connectivity index (χ1v) is 7.10. The monoisotopic (exact) mass is 280 g/mol. The number of benzene rings is 1. The fourth-order valence-corrected chi connectivity index (χ4v) is 3.11. The van der Waals surface area contributed by atoms with Crippen LogP contribution < -0.4 is 0 Å². The van der Waals surface area contributed by atoms with E-state index >= 15 is 0 Å². The molecule has 0 saturated carbocycles. The van der Waals surface area contributed by atoms with Crippen molar-refractivity contribution in [3.05, 3.63) is 57.7 Å². The van der Waals surface area contributed by atoms with Gasteiger partial charge in [0.05, 0.1) is 0 Å². The van der Waals surface area contributed by atoms with E-state index in [9.17, 15) is 9.59 Å². The number of rotatable bonds is 3. The molecule has 0 aliphatic heterocycles. The predicted molar refractivity (Wildman–Crippen MR) is 81.9 cm³/mol. The summed E-state index contributed by atoms with van der Waals surface area (Å²) in [6, 6.07) is 4.04. The van der Waals surface area contributed by atoms with Crippen molar-refractivity contribution in [1.82, 2.24) is 0 Å². The number of carboxylic acid groups (broad SMARTS) is 1. The van der Waals surface area contributed by atoms with Crippen molar-refractivity contribution < 1.29 is 14.7 Å². The van der Waals surface area contributed by atoms with Gasteiger partial charge in [0.25, 0.3) is 0 Å². The Balaban J connectivity index is 2.01. The maximum absolute atomic E-state index is 11.1. The first-order valence-electron chi connectivity index (χ1n) is 7.10. The Labute approximate surface area is 123 Å². The van der Waals surface area contributed by atoms with Crippen LogP contribution in [0.2, 0.25) is 0 Å². The van der Waals surface area contributed by atoms with Gasteiger partial charge >= 0.3 is 5.97 Å². The Morgan fingerprint density at radius 2 is 1.67 bits per heavy atom. The van der Waals surface area contributed by atoms with Crippen LogP contribution in [0, 0.1) is 0 Å². The van der Waals surface area contributed by atoms with Crippen LogP contribution in [0.4, 0.5) is 0 Å². The quantitative estimate of drug-likeness (QED) is 0.683. The molecule has 0 heterocycles. The minimum absolute atomic E-state index is 0.489. The average Bonchev–Trinajstić information content (AvgIpc) is 2.51. The molecule has 0 spiro atoms. The lowest BCUT2D eigenvalue weighted by molar-refractivity contribution is -0.132. The summed E-state index contributed by atoms with van der Waals surface area (Å²) in [5, 5.41) is 9.11. The van der Waals surface area contributed by atoms with Gasteiger partial charge in [0.2, 0.25) is 0 Å². The summed E-state index contributed by atoms with van der Waals surface area (Å²) in [6.07, 6.45) is 11.4. The number of hydrogen-bond donors (Lipinski definition) is 1. The zero-order chi connectivity index (χ0) is 14.8. The van der Waals surface area contributed by atoms with E-state index in [0.29, 0.717) is 12.0 Å². The van der Waals surface area contributed by atoms with E-state index in [-0.39, 0.29) is 0 Å². The number of fused-ring (bicyclic) bond motifs is 3. The molecule has 0 aromatic heterocycles. The summed E-state index contributed by atoms with van der Waals surface area (Å²) in [4.78, 5) is 21.5. The van der Waals surface area contributed by atoms with Crippen LogP contribution in [0.5, 0.6) is 0 Å². The van der Waals surface area contributed by atoms with Gasteiger partial charge < -0.3 is 5.11 Å². The highest BCUT2D eigenvalue weighted by atomic mass is 16.4. The molecule has 106 valence electrons. The molecule has 1 aromatic rings. The molecule has 3 nitrogen and oxygen atoms in total. The van der Waals surface area contributed by atoms with Gasteiger partial charge in [-0.15, -0.1) is 0 Å². The van der Waals surface area contributed by atoms with Gasteiger partial charge in [0, 0.05) is 5.57 Å². The number of carbonyl (C=O) groups is 2. The van der Waals surface area contributed by atoms with Crippen LogP contribution in [-0.4, -0.2) is 17.4 Å². The number of allylic oxidation sites excluding steroid dienone is 3. The third-order valence-electron chi connectivity index (χ3n) is 4.15. The van der Waals surface area contributed by atoms with E-state index in [4.69, 9.17) is 5.11 Å². The van der Waals surface area contributed by atoms with Gasteiger partial charge in [-0.25, -0.2) is 4.79 Å². The van der Waals surface area contributed by atoms with Gasteiger partial charge in [-0.05, 0) is 65.7 Å². The molecule has 21 heavy (non-hydrogen) atoms. The summed E-state index contributed by atoms with van der Waals surface area (Å²) in [5.74, 6) is -0.820. The molecule has 0 amide bonds. The summed E-state index contributed by atoms with van der Waals surface area (Å²) in [5.41, 5.74) is 6.49. The molecular weight excluding hydrogens is 264 g/mol. The van der Waals surface area contributed by atoms with Crippen molar-refractivity contribution in [2.24, 2.45) is 0 Å². The van der Waals surface area contributed by atoms with Crippen LogP contribution in [0.15, 0.2) is 35.4 Å². The standard InChI is InChI=1S/C18H16O3/c19-9-1-2-12-3-7-16-13(10-12)4-5-14-11-15(18(20)21)6-8-17(14)16/h1-2,4-5,9-11H,3,6-8H2,(H,20,21)/b2-1+. The van der Waals surface area contributed by atoms with Crippen molar-refractivity contribution in [2.75, 3.05) is 0 Å². The number of hydrogen-bond acceptors (Lipinski definition) is 2. The van der Waals surface area contributed by atoms with Crippen LogP contribution >= 0.6 is 0 Å². The summed E-state index contributed by atoms with van der Waals surface area (Å²) >= 11 is 0. The molecule has 0 bridgehead atoms. The van der Waals surface area contributed by atoms with Crippen molar-refractivity contribution in [1.29, 1.82) is 0 Å². The number of aldehydes is 1. The maximum Gasteiger partial charge on any atom is 0.331 e. The summed E-state index contributed by atoms with van der Waals surface area (Å²) < 4.78 is 0. The smallest absolute Gasteiger partial charge is 0.331 e. The molecule has 0 saturated heterocycles. The van der Waals surface area contributed by atoms with Gasteiger partial charge in [-0.3, -0.25) is 4.79 Å². The van der Waals surface area contributed by atoms with E-state index in [1.54, 1.807) is 6.08 Å². The van der Waals surface area contributed by atoms with E-state index in [0.717, 1.165) is 36.7 Å². The Morgan fingerprint density at radius 3 is 2.33 bits per heavy atom. The molecule has 2 aliphatic carbocycles. The van der Waals surface area contributed by atoms with Crippen LogP contribution in [0.25, 0.3) is 12.2 Å². The average molecular weight is 280 g/mol. The lowest BCUT2D eigenvalue weighted by atomic mass is 9.82. The van der Waals surface area contributed by atoms with E-state index in [1.165, 1.54) is 22.8 Å². The van der Waals surface area contributed by atoms with Gasteiger partial charge in [-0.1, -0.05) is 24.3 Å². The van der Waals surface area contributed by atoms with Crippen molar-refractivity contribution in [3.63, 3.8) is 0 Å². The number of aliphatic carboxylic acids is 1. The van der Waals surface area contributed by atoms with Crippen molar-refractivity contribution in [3.8, 4) is 0 Å². The molecule has 3 rings (SSSR count). The van der Waals surface area contributed by atoms with Gasteiger partial charge in [0.15, 0.2) is 0 Å². The van der Waals surface area contributed by atoms with E-state index in [2.05, 4.69) is 6.08 Å². The summed E-state index contributed by atoms with van der Waals surface area (Å²) in [7, 11) is 0. The fraction of sp³-hybridized carbons (Fsp3) is 0.222. The van der Waals surface area contributed by atoms with Crippen LogP contribution in [0.3, 0.4) is 0 Å². The second kappa shape index (κ2) is 5.52. The molecule has 0 atom stereocenters. The third-order valence-corrected chi connectivity index (χ3v) is 4.15. The molecule has 2 aliphatic rings. The summed E-state index contributed by atoms with van der Waals surface area (Å²) in [6.45, 7) is 0. The lowest BCUT2D eigenvalue weighted by Gasteiger charge is -2.23. The molecule has 0 radical (unpaired) electrons. The van der Waals surface area contributed by atoms with Crippen molar-refractivity contribution >= 4 is 24.4 Å². The Hall–Kier alpha value is -2.42. The predicted octanol–water partition coefficient (Wildman–Crippen LogP) is 3.19. The first kappa shape index (κ1) is 13.6. The van der Waals surface area contributed by atoms with Crippen molar-refractivity contribution in [2.45, 2.75) is 25.7 Å².